The summed E-state index contributed by atoms with van der Waals surface area (Å²) in [6.45, 7) is 7.02. The van der Waals surface area contributed by atoms with Crippen LogP contribution in [-0.2, 0) is 22.4 Å². The first-order valence-electron chi connectivity index (χ1n) is 14.5. The normalized spacial score (nSPS) is 19.1. The van der Waals surface area contributed by atoms with E-state index in [-0.39, 0.29) is 40.2 Å². The van der Waals surface area contributed by atoms with Gasteiger partial charge in [0.2, 0.25) is 0 Å². The Morgan fingerprint density at radius 3 is 2.33 bits per heavy atom. The zero-order chi connectivity index (χ0) is 29.8. The highest BCUT2D eigenvalue weighted by molar-refractivity contribution is 6.37. The maximum Gasteiger partial charge on any atom is 0.410 e. The second kappa shape index (κ2) is 13.4. The fraction of sp³-hybridized carbons (Fsp3) is 0.500. The molecule has 4 amide bonds. The van der Waals surface area contributed by atoms with E-state index in [1.165, 1.54) is 12.1 Å². The summed E-state index contributed by atoms with van der Waals surface area (Å²) in [5, 5.41) is 13.1. The van der Waals surface area contributed by atoms with Gasteiger partial charge in [-0.05, 0) is 55.1 Å². The largest absolute Gasteiger partial charge is 0.505 e. The molecule has 2 aromatic rings. The number of fused-ring (bicyclic) bond motifs is 1. The van der Waals surface area contributed by atoms with Gasteiger partial charge >= 0.3 is 12.1 Å². The van der Waals surface area contributed by atoms with E-state index in [1.54, 1.807) is 9.80 Å². The van der Waals surface area contributed by atoms with Crippen LogP contribution in [0.4, 0.5) is 15.3 Å². The van der Waals surface area contributed by atoms with Gasteiger partial charge in [-0.2, -0.15) is 0 Å². The molecule has 3 aliphatic heterocycles. The first-order chi connectivity index (χ1) is 20.2. The Morgan fingerprint density at radius 2 is 1.67 bits per heavy atom. The molecule has 3 heterocycles. The minimum Gasteiger partial charge on any atom is -0.505 e. The summed E-state index contributed by atoms with van der Waals surface area (Å²) in [6.07, 6.45) is 0.416. The highest BCUT2D eigenvalue weighted by atomic mass is 35.5. The van der Waals surface area contributed by atoms with Gasteiger partial charge in [0.05, 0.1) is 10.0 Å². The number of rotatable bonds is 6. The lowest BCUT2D eigenvalue weighted by atomic mass is 10.0. The Hall–Kier alpha value is -3.21. The number of piperazine rings is 1. The van der Waals surface area contributed by atoms with Gasteiger partial charge in [0.25, 0.3) is 5.91 Å². The van der Waals surface area contributed by atoms with Crippen molar-refractivity contribution < 1.29 is 24.2 Å². The number of benzene rings is 2. The molecule has 2 aromatic carbocycles. The molecule has 226 valence electrons. The van der Waals surface area contributed by atoms with E-state index in [0.717, 1.165) is 37.3 Å². The number of phenolic OH excluding ortho intramolecular Hbond substituents is 1. The number of likely N-dealkylation sites (N-methyl/N-ethyl adjacent to an activating group) is 1. The van der Waals surface area contributed by atoms with Crippen LogP contribution in [0.3, 0.4) is 0 Å². The number of phenols is 1. The second-order valence-electron chi connectivity index (χ2n) is 11.0. The molecule has 0 radical (unpaired) electrons. The zero-order valence-corrected chi connectivity index (χ0v) is 25.2. The fourth-order valence-electron chi connectivity index (χ4n) is 5.91. The van der Waals surface area contributed by atoms with Crippen LogP contribution in [-0.4, -0.2) is 107 Å². The molecular weight excluding hydrogens is 581 g/mol. The summed E-state index contributed by atoms with van der Waals surface area (Å²) in [5.41, 5.74) is 2.53. The van der Waals surface area contributed by atoms with E-state index in [9.17, 15) is 19.5 Å². The van der Waals surface area contributed by atoms with Gasteiger partial charge in [0, 0.05) is 64.0 Å². The summed E-state index contributed by atoms with van der Waals surface area (Å²) in [7, 11) is 0. The molecule has 2 saturated heterocycles. The number of hydrogen-bond donors (Lipinski definition) is 2. The van der Waals surface area contributed by atoms with Gasteiger partial charge in [0.15, 0.2) is 11.9 Å². The van der Waals surface area contributed by atoms with E-state index < -0.39 is 12.2 Å². The predicted octanol–water partition coefficient (Wildman–Crippen LogP) is 4.47. The summed E-state index contributed by atoms with van der Waals surface area (Å²) in [4.78, 5) is 47.4. The number of amides is 4. The summed E-state index contributed by atoms with van der Waals surface area (Å²) in [6, 6.07) is 10.8. The van der Waals surface area contributed by atoms with Gasteiger partial charge in [0.1, 0.15) is 0 Å². The Kier molecular flexibility index (Phi) is 9.65. The van der Waals surface area contributed by atoms with Crippen LogP contribution in [0.15, 0.2) is 36.4 Å². The molecule has 0 aliphatic carbocycles. The second-order valence-corrected chi connectivity index (χ2v) is 11.8. The van der Waals surface area contributed by atoms with Crippen molar-refractivity contribution in [2.24, 2.45) is 0 Å². The van der Waals surface area contributed by atoms with Crippen molar-refractivity contribution >= 4 is 46.9 Å². The van der Waals surface area contributed by atoms with Crippen molar-refractivity contribution in [2.75, 3.05) is 57.7 Å². The molecule has 5 rings (SSSR count). The number of nitrogens with one attached hydrogen (secondary N) is 1. The maximum atomic E-state index is 13.6. The summed E-state index contributed by atoms with van der Waals surface area (Å²) in [5.74, 6) is -0.502. The molecule has 10 nitrogen and oxygen atoms in total. The number of carbonyl (C=O) groups excluding carboxylic acids is 3. The quantitative estimate of drug-likeness (QED) is 0.496. The molecule has 3 aliphatic rings. The third kappa shape index (κ3) is 6.88. The SMILES string of the molecule is CCN1CCN(C(=O)[C@@H](Cc2cc(Cl)c(O)c(Cl)c2)OC(=O)N2CCC(N3CCc4ccccc4NC3=O)CC2)CC1. The van der Waals surface area contributed by atoms with E-state index in [2.05, 4.69) is 17.1 Å². The van der Waals surface area contributed by atoms with Crippen LogP contribution < -0.4 is 5.32 Å². The van der Waals surface area contributed by atoms with E-state index >= 15 is 0 Å². The van der Waals surface area contributed by atoms with Gasteiger partial charge in [-0.25, -0.2) is 9.59 Å². The number of aromatic hydroxyl groups is 1. The highest BCUT2D eigenvalue weighted by Gasteiger charge is 2.35. The van der Waals surface area contributed by atoms with Crippen LogP contribution in [0.5, 0.6) is 5.75 Å². The molecule has 0 unspecified atom stereocenters. The number of anilines is 1. The molecule has 2 N–H and O–H groups in total. The van der Waals surface area contributed by atoms with Crippen molar-refractivity contribution in [3.63, 3.8) is 0 Å². The fourth-order valence-corrected chi connectivity index (χ4v) is 6.44. The molecule has 0 saturated carbocycles. The Balaban J connectivity index is 1.23. The molecule has 0 spiro atoms. The van der Waals surface area contributed by atoms with Gasteiger partial charge in [-0.3, -0.25) is 4.79 Å². The van der Waals surface area contributed by atoms with Crippen molar-refractivity contribution in [2.45, 2.75) is 44.8 Å². The number of hydrogen-bond acceptors (Lipinski definition) is 6. The van der Waals surface area contributed by atoms with Crippen LogP contribution >= 0.6 is 23.2 Å². The smallest absolute Gasteiger partial charge is 0.410 e. The summed E-state index contributed by atoms with van der Waals surface area (Å²) >= 11 is 12.3. The van der Waals surface area contributed by atoms with Crippen molar-refractivity contribution in [3.8, 4) is 5.75 Å². The lowest BCUT2D eigenvalue weighted by Gasteiger charge is -2.38. The Morgan fingerprint density at radius 1 is 1.00 bits per heavy atom. The molecule has 42 heavy (non-hydrogen) atoms. The predicted molar refractivity (Wildman–Crippen MR) is 161 cm³/mol. The number of para-hydroxylation sites is 1. The lowest BCUT2D eigenvalue weighted by molar-refractivity contribution is -0.142. The summed E-state index contributed by atoms with van der Waals surface area (Å²) < 4.78 is 5.88. The van der Waals surface area contributed by atoms with E-state index in [4.69, 9.17) is 27.9 Å². The third-order valence-electron chi connectivity index (χ3n) is 8.45. The average molecular weight is 619 g/mol. The monoisotopic (exact) mass is 617 g/mol. The van der Waals surface area contributed by atoms with Gasteiger partial charge in [-0.1, -0.05) is 48.3 Å². The van der Waals surface area contributed by atoms with Crippen LogP contribution in [0.2, 0.25) is 10.0 Å². The van der Waals surface area contributed by atoms with Gasteiger partial charge < -0.3 is 34.8 Å². The first-order valence-corrected chi connectivity index (χ1v) is 15.3. The number of urea groups is 1. The number of carbonyl (C=O) groups is 3. The first kappa shape index (κ1) is 30.3. The minimum absolute atomic E-state index is 0.00284. The Labute approximate surface area is 256 Å². The molecule has 2 fully saturated rings. The molecular formula is C30H37Cl2N5O5. The van der Waals surface area contributed by atoms with Crippen molar-refractivity contribution in [1.29, 1.82) is 0 Å². The minimum atomic E-state index is -1.07. The number of ether oxygens (including phenoxy) is 1. The highest BCUT2D eigenvalue weighted by Crippen LogP contribution is 2.33. The van der Waals surface area contributed by atoms with Crippen molar-refractivity contribution in [3.05, 3.63) is 57.6 Å². The number of nitrogens with zero attached hydrogens (tertiary/aromatic N) is 4. The lowest BCUT2D eigenvalue weighted by Crippen LogP contribution is -2.53. The number of piperidine rings is 1. The standard InChI is InChI=1S/C30H37Cl2N5O5/c1-2-34-13-15-35(16-14-34)28(39)26(19-20-17-23(31)27(38)24(32)18-20)42-30(41)36-10-8-22(9-11-36)37-12-7-21-5-3-4-6-25(21)33-29(37)40/h3-6,17-18,22,26,38H,2,7-16,19H2,1H3,(H,33,40)/t26-/m1/s1. The van der Waals surface area contributed by atoms with Crippen LogP contribution in [0.25, 0.3) is 0 Å². The van der Waals surface area contributed by atoms with E-state index in [1.807, 2.05) is 29.2 Å². The van der Waals surface area contributed by atoms with Crippen LogP contribution in [0, 0.1) is 0 Å². The molecule has 1 atom stereocenters. The van der Waals surface area contributed by atoms with Crippen molar-refractivity contribution in [1.82, 2.24) is 19.6 Å². The molecule has 12 heteroatoms. The third-order valence-corrected chi connectivity index (χ3v) is 9.03. The number of likely N-dealkylation sites (tertiary alicyclic amines) is 1. The van der Waals surface area contributed by atoms with E-state index in [0.29, 0.717) is 51.1 Å². The molecule has 0 aromatic heterocycles. The topological polar surface area (TPSA) is 106 Å². The zero-order valence-electron chi connectivity index (χ0n) is 23.7. The molecule has 0 bridgehead atoms. The maximum absolute atomic E-state index is 13.6. The Bertz CT molecular complexity index is 1290. The van der Waals surface area contributed by atoms with Crippen LogP contribution in [0.1, 0.15) is 30.9 Å². The number of halogens is 2. The van der Waals surface area contributed by atoms with Gasteiger partial charge in [-0.15, -0.1) is 0 Å². The average Bonchev–Trinajstić information content (AvgIpc) is 3.17.